The van der Waals surface area contributed by atoms with Gasteiger partial charge in [-0.25, -0.2) is 0 Å². The first-order valence-corrected chi connectivity index (χ1v) is 8.00. The van der Waals surface area contributed by atoms with E-state index >= 15 is 0 Å². The maximum Gasteiger partial charge on any atom is 0.252 e. The van der Waals surface area contributed by atoms with Gasteiger partial charge >= 0.3 is 0 Å². The zero-order valence-electron chi connectivity index (χ0n) is 10.0. The van der Waals surface area contributed by atoms with E-state index in [2.05, 4.69) is 49.2 Å². The molecule has 0 atom stereocenters. The average Bonchev–Trinajstić information content (AvgIpc) is 3.15. The Bertz CT molecular complexity index is 435. The van der Waals surface area contributed by atoms with Crippen molar-refractivity contribution in [3.05, 3.63) is 31.8 Å². The number of carbonyl (C=O) groups is 1. The fourth-order valence-corrected chi connectivity index (χ4v) is 2.57. The Morgan fingerprint density at radius 2 is 2.17 bits per heavy atom. The van der Waals surface area contributed by atoms with Crippen LogP contribution in [0.1, 0.15) is 29.6 Å². The highest BCUT2D eigenvalue weighted by Gasteiger charge is 2.19. The van der Waals surface area contributed by atoms with Crippen LogP contribution in [0.3, 0.4) is 0 Å². The summed E-state index contributed by atoms with van der Waals surface area (Å²) in [5.74, 6) is -0.00758. The van der Waals surface area contributed by atoms with Gasteiger partial charge in [-0.15, -0.1) is 0 Å². The van der Waals surface area contributed by atoms with Crippen LogP contribution in [0.4, 0.5) is 0 Å². The zero-order chi connectivity index (χ0) is 13.0. The Labute approximate surface area is 129 Å². The molecule has 1 aromatic rings. The summed E-state index contributed by atoms with van der Waals surface area (Å²) in [7, 11) is 0. The second-order valence-electron chi connectivity index (χ2n) is 4.46. The van der Waals surface area contributed by atoms with Crippen molar-refractivity contribution in [1.29, 1.82) is 0 Å². The number of nitrogens with one attached hydrogen (secondary N) is 2. The van der Waals surface area contributed by atoms with E-state index < -0.39 is 0 Å². The lowest BCUT2D eigenvalue weighted by Crippen LogP contribution is -2.28. The molecule has 0 aromatic heterocycles. The van der Waals surface area contributed by atoms with Crippen LogP contribution in [0.5, 0.6) is 0 Å². The summed E-state index contributed by atoms with van der Waals surface area (Å²) in [6.07, 6.45) is 3.59. The molecule has 18 heavy (non-hydrogen) atoms. The molecule has 2 rings (SSSR count). The highest BCUT2D eigenvalue weighted by atomic mass is 127. The summed E-state index contributed by atoms with van der Waals surface area (Å²) in [6, 6.07) is 6.51. The molecule has 98 valence electrons. The maximum atomic E-state index is 12.0. The van der Waals surface area contributed by atoms with Gasteiger partial charge in [0, 0.05) is 20.6 Å². The van der Waals surface area contributed by atoms with Crippen LogP contribution in [-0.2, 0) is 0 Å². The van der Waals surface area contributed by atoms with Crippen molar-refractivity contribution >= 4 is 44.4 Å². The quantitative estimate of drug-likeness (QED) is 0.546. The molecule has 1 amide bonds. The average molecular weight is 423 g/mol. The molecule has 1 aromatic carbocycles. The summed E-state index contributed by atoms with van der Waals surface area (Å²) in [4.78, 5) is 12.0. The first-order chi connectivity index (χ1) is 8.66. The molecule has 1 aliphatic rings. The van der Waals surface area contributed by atoms with Crippen LogP contribution in [0.2, 0.25) is 0 Å². The monoisotopic (exact) mass is 422 g/mol. The standard InChI is InChI=1S/C13H16BrIN2O/c14-12-5-2-9(15)8-11(12)13(18)17-7-1-6-16-10-3-4-10/h2,5,8,10,16H,1,3-4,6-7H2,(H,17,18). The summed E-state index contributed by atoms with van der Waals surface area (Å²) in [5, 5.41) is 6.38. The molecule has 2 N–H and O–H groups in total. The van der Waals surface area contributed by atoms with Crippen molar-refractivity contribution in [3.63, 3.8) is 0 Å². The smallest absolute Gasteiger partial charge is 0.252 e. The highest BCUT2D eigenvalue weighted by molar-refractivity contribution is 14.1. The third-order valence-corrected chi connectivity index (χ3v) is 4.18. The van der Waals surface area contributed by atoms with E-state index in [0.717, 1.165) is 33.6 Å². The van der Waals surface area contributed by atoms with E-state index in [1.807, 2.05) is 18.2 Å². The van der Waals surface area contributed by atoms with E-state index in [-0.39, 0.29) is 5.91 Å². The minimum atomic E-state index is -0.00758. The van der Waals surface area contributed by atoms with Crippen LogP contribution in [0, 0.1) is 3.57 Å². The number of amides is 1. The number of hydrogen-bond donors (Lipinski definition) is 2. The number of benzene rings is 1. The normalized spacial score (nSPS) is 14.6. The van der Waals surface area contributed by atoms with Gasteiger partial charge in [0.15, 0.2) is 0 Å². The van der Waals surface area contributed by atoms with Crippen molar-refractivity contribution < 1.29 is 4.79 Å². The third-order valence-electron chi connectivity index (χ3n) is 2.82. The summed E-state index contributed by atoms with van der Waals surface area (Å²) >= 11 is 5.61. The van der Waals surface area contributed by atoms with Crippen LogP contribution in [0.15, 0.2) is 22.7 Å². The van der Waals surface area contributed by atoms with Crippen molar-refractivity contribution in [1.82, 2.24) is 10.6 Å². The molecule has 3 nitrogen and oxygen atoms in total. The Morgan fingerprint density at radius 3 is 2.89 bits per heavy atom. The SMILES string of the molecule is O=C(NCCCNC1CC1)c1cc(I)ccc1Br. The second kappa shape index (κ2) is 6.86. The Balaban J connectivity index is 1.74. The first-order valence-electron chi connectivity index (χ1n) is 6.13. The van der Waals surface area contributed by atoms with Gasteiger partial charge in [0.25, 0.3) is 5.91 Å². The predicted molar refractivity (Wildman–Crippen MR) is 84.8 cm³/mol. The molecular weight excluding hydrogens is 407 g/mol. The van der Waals surface area contributed by atoms with Crippen molar-refractivity contribution in [2.24, 2.45) is 0 Å². The molecule has 5 heteroatoms. The van der Waals surface area contributed by atoms with Gasteiger partial charge in [-0.05, 0) is 82.5 Å². The van der Waals surface area contributed by atoms with Gasteiger partial charge in [-0.2, -0.15) is 0 Å². The molecule has 1 fully saturated rings. The molecule has 0 saturated heterocycles. The summed E-state index contributed by atoms with van der Waals surface area (Å²) < 4.78 is 1.91. The lowest BCUT2D eigenvalue weighted by atomic mass is 10.2. The number of hydrogen-bond acceptors (Lipinski definition) is 2. The largest absolute Gasteiger partial charge is 0.352 e. The Morgan fingerprint density at radius 1 is 1.39 bits per heavy atom. The lowest BCUT2D eigenvalue weighted by molar-refractivity contribution is 0.0952. The zero-order valence-corrected chi connectivity index (χ0v) is 13.8. The number of halogens is 2. The molecule has 0 spiro atoms. The molecule has 0 unspecified atom stereocenters. The van der Waals surface area contributed by atoms with E-state index in [0.29, 0.717) is 5.56 Å². The molecular formula is C13H16BrIN2O. The van der Waals surface area contributed by atoms with Gasteiger partial charge in [-0.1, -0.05) is 0 Å². The number of carbonyl (C=O) groups excluding carboxylic acids is 1. The van der Waals surface area contributed by atoms with Crippen LogP contribution < -0.4 is 10.6 Å². The predicted octanol–water partition coefficient (Wildman–Crippen LogP) is 2.93. The topological polar surface area (TPSA) is 41.1 Å². The van der Waals surface area contributed by atoms with Gasteiger partial charge in [0.1, 0.15) is 0 Å². The number of rotatable bonds is 6. The molecule has 0 heterocycles. The van der Waals surface area contributed by atoms with E-state index in [1.54, 1.807) is 0 Å². The van der Waals surface area contributed by atoms with Crippen molar-refractivity contribution in [3.8, 4) is 0 Å². The van der Waals surface area contributed by atoms with Crippen LogP contribution in [0.25, 0.3) is 0 Å². The minimum absolute atomic E-state index is 0.00758. The lowest BCUT2D eigenvalue weighted by Gasteiger charge is -2.07. The molecule has 1 aliphatic carbocycles. The van der Waals surface area contributed by atoms with Crippen molar-refractivity contribution in [2.45, 2.75) is 25.3 Å². The first kappa shape index (κ1) is 14.3. The van der Waals surface area contributed by atoms with E-state index in [9.17, 15) is 4.79 Å². The van der Waals surface area contributed by atoms with Gasteiger partial charge in [0.2, 0.25) is 0 Å². The summed E-state index contributed by atoms with van der Waals surface area (Å²) in [5.41, 5.74) is 0.706. The Kier molecular flexibility index (Phi) is 5.44. The Hall–Kier alpha value is -0.140. The van der Waals surface area contributed by atoms with Gasteiger partial charge in [-0.3, -0.25) is 4.79 Å². The van der Waals surface area contributed by atoms with E-state index in [1.165, 1.54) is 12.8 Å². The molecule has 0 bridgehead atoms. The fraction of sp³-hybridized carbons (Fsp3) is 0.462. The van der Waals surface area contributed by atoms with Gasteiger partial charge in [0.05, 0.1) is 5.56 Å². The molecule has 0 radical (unpaired) electrons. The van der Waals surface area contributed by atoms with Crippen LogP contribution >= 0.6 is 38.5 Å². The maximum absolute atomic E-state index is 12.0. The third kappa shape index (κ3) is 4.51. The highest BCUT2D eigenvalue weighted by Crippen LogP contribution is 2.19. The minimum Gasteiger partial charge on any atom is -0.352 e. The summed E-state index contributed by atoms with van der Waals surface area (Å²) in [6.45, 7) is 1.70. The van der Waals surface area contributed by atoms with Gasteiger partial charge < -0.3 is 10.6 Å². The van der Waals surface area contributed by atoms with Crippen molar-refractivity contribution in [2.75, 3.05) is 13.1 Å². The fourth-order valence-electron chi connectivity index (χ4n) is 1.65. The molecule has 1 saturated carbocycles. The molecule has 0 aliphatic heterocycles. The second-order valence-corrected chi connectivity index (χ2v) is 6.56. The van der Waals surface area contributed by atoms with Crippen LogP contribution in [-0.4, -0.2) is 25.0 Å². The van der Waals surface area contributed by atoms with E-state index in [4.69, 9.17) is 0 Å².